The molecule has 11 heteroatoms. The maximum atomic E-state index is 13.0. The van der Waals surface area contributed by atoms with Gasteiger partial charge < -0.3 is 14.6 Å². The molecule has 1 fully saturated rings. The lowest BCUT2D eigenvalue weighted by atomic mass is 10.2. The normalized spacial score (nSPS) is 15.7. The fraction of sp³-hybridized carbons (Fsp3) is 0.348. The van der Waals surface area contributed by atoms with Crippen LogP contribution in [0.4, 0.5) is 5.69 Å². The number of thioether (sulfide) groups is 1. The Kier molecular flexibility index (Phi) is 7.23. The molecule has 1 aromatic heterocycles. The molecule has 3 aromatic rings. The molecular weight excluding hydrogens is 474 g/mol. The lowest BCUT2D eigenvalue weighted by Gasteiger charge is -2.26. The van der Waals surface area contributed by atoms with Gasteiger partial charge in [0.25, 0.3) is 0 Å². The number of morpholine rings is 1. The Bertz CT molecular complexity index is 1360. The van der Waals surface area contributed by atoms with E-state index in [1.54, 1.807) is 49.4 Å². The largest absolute Gasteiger partial charge is 0.379 e. The van der Waals surface area contributed by atoms with Crippen molar-refractivity contribution in [2.75, 3.05) is 31.6 Å². The number of anilines is 1. The number of sulfonamides is 1. The fourth-order valence-electron chi connectivity index (χ4n) is 3.70. The molecule has 2 aromatic carbocycles. The van der Waals surface area contributed by atoms with Crippen LogP contribution in [0.3, 0.4) is 0 Å². The van der Waals surface area contributed by atoms with E-state index in [9.17, 15) is 13.2 Å². The Hall–Kier alpha value is -2.91. The van der Waals surface area contributed by atoms with Gasteiger partial charge in [0.1, 0.15) is 0 Å². The standard InChI is InChI=1S/C23H25N5O4S2/c1-3-28-21-8-7-19(34(30,31)27-9-11-32-12-10-27)14-20(21)26-23(28)33-16(2)22(29)25-18-6-4-5-17(13-18)15-24/h4-8,13-14,16H,3,9-12H2,1-2H3,(H,25,29). The number of rotatable bonds is 7. The molecule has 0 aliphatic carbocycles. The number of carbonyl (C=O) groups is 1. The third kappa shape index (κ3) is 4.95. The van der Waals surface area contributed by atoms with Crippen molar-refractivity contribution in [1.29, 1.82) is 5.26 Å². The minimum atomic E-state index is -3.63. The number of imidazole rings is 1. The van der Waals surface area contributed by atoms with Crippen molar-refractivity contribution in [2.45, 2.75) is 35.7 Å². The van der Waals surface area contributed by atoms with Gasteiger partial charge in [-0.05, 0) is 50.2 Å². The van der Waals surface area contributed by atoms with Crippen LogP contribution in [0.1, 0.15) is 19.4 Å². The topological polar surface area (TPSA) is 117 Å². The average molecular weight is 500 g/mol. The van der Waals surface area contributed by atoms with Crippen molar-refractivity contribution >= 4 is 44.4 Å². The molecule has 1 aliphatic rings. The minimum Gasteiger partial charge on any atom is -0.379 e. The molecule has 1 aliphatic heterocycles. The molecule has 1 N–H and O–H groups in total. The first-order valence-corrected chi connectivity index (χ1v) is 13.2. The van der Waals surface area contributed by atoms with Crippen LogP contribution in [-0.2, 0) is 26.1 Å². The van der Waals surface area contributed by atoms with E-state index in [0.717, 1.165) is 5.52 Å². The molecule has 9 nitrogen and oxygen atoms in total. The van der Waals surface area contributed by atoms with E-state index in [1.165, 1.54) is 16.1 Å². The predicted octanol–water partition coefficient (Wildman–Crippen LogP) is 3.07. The van der Waals surface area contributed by atoms with Gasteiger partial charge >= 0.3 is 0 Å². The number of nitriles is 1. The van der Waals surface area contributed by atoms with Crippen molar-refractivity contribution in [3.63, 3.8) is 0 Å². The zero-order chi connectivity index (χ0) is 24.3. The fourth-order valence-corrected chi connectivity index (χ4v) is 6.12. The summed E-state index contributed by atoms with van der Waals surface area (Å²) >= 11 is 1.30. The highest BCUT2D eigenvalue weighted by atomic mass is 32.2. The van der Waals surface area contributed by atoms with E-state index in [4.69, 9.17) is 10.00 Å². The van der Waals surface area contributed by atoms with E-state index < -0.39 is 15.3 Å². The number of hydrogen-bond acceptors (Lipinski definition) is 7. The van der Waals surface area contributed by atoms with Crippen molar-refractivity contribution in [3.05, 3.63) is 48.0 Å². The molecular formula is C23H25N5O4S2. The SMILES string of the molecule is CCn1c(SC(C)C(=O)Nc2cccc(C#N)c2)nc2cc(S(=O)(=O)N3CCOCC3)ccc21. The van der Waals surface area contributed by atoms with Crippen LogP contribution in [-0.4, -0.2) is 59.7 Å². The van der Waals surface area contributed by atoms with Gasteiger partial charge in [0.05, 0.1) is 46.0 Å². The highest BCUT2D eigenvalue weighted by Crippen LogP contribution is 2.30. The van der Waals surface area contributed by atoms with Gasteiger partial charge in [0, 0.05) is 25.3 Å². The van der Waals surface area contributed by atoms with E-state index >= 15 is 0 Å². The number of benzene rings is 2. The Morgan fingerprint density at radius 1 is 1.26 bits per heavy atom. The zero-order valence-electron chi connectivity index (χ0n) is 18.9. The van der Waals surface area contributed by atoms with Crippen LogP contribution in [0.2, 0.25) is 0 Å². The van der Waals surface area contributed by atoms with Gasteiger partial charge in [-0.3, -0.25) is 4.79 Å². The predicted molar refractivity (Wildman–Crippen MR) is 130 cm³/mol. The van der Waals surface area contributed by atoms with Crippen LogP contribution in [0.15, 0.2) is 52.5 Å². The summed E-state index contributed by atoms with van der Waals surface area (Å²) in [5.74, 6) is -0.217. The molecule has 1 amide bonds. The molecule has 1 saturated heterocycles. The minimum absolute atomic E-state index is 0.197. The smallest absolute Gasteiger partial charge is 0.243 e. The van der Waals surface area contributed by atoms with Gasteiger partial charge in [-0.15, -0.1) is 0 Å². The summed E-state index contributed by atoms with van der Waals surface area (Å²) in [6.07, 6.45) is 0. The summed E-state index contributed by atoms with van der Waals surface area (Å²) in [5, 5.41) is 12.0. The van der Waals surface area contributed by atoms with E-state index in [0.29, 0.717) is 54.8 Å². The number of fused-ring (bicyclic) bond motifs is 1. The zero-order valence-corrected chi connectivity index (χ0v) is 20.5. The quantitative estimate of drug-likeness (QED) is 0.497. The van der Waals surface area contributed by atoms with Crippen molar-refractivity contribution in [2.24, 2.45) is 0 Å². The first-order valence-electron chi connectivity index (χ1n) is 10.9. The number of nitrogens with one attached hydrogen (secondary N) is 1. The Morgan fingerprint density at radius 3 is 2.74 bits per heavy atom. The van der Waals surface area contributed by atoms with Crippen LogP contribution >= 0.6 is 11.8 Å². The summed E-state index contributed by atoms with van der Waals surface area (Å²) in [6, 6.07) is 13.7. The monoisotopic (exact) mass is 499 g/mol. The van der Waals surface area contributed by atoms with Crippen LogP contribution in [0.25, 0.3) is 11.0 Å². The lowest BCUT2D eigenvalue weighted by molar-refractivity contribution is -0.115. The third-order valence-corrected chi connectivity index (χ3v) is 8.50. The lowest BCUT2D eigenvalue weighted by Crippen LogP contribution is -2.40. The summed E-state index contributed by atoms with van der Waals surface area (Å²) in [4.78, 5) is 17.6. The van der Waals surface area contributed by atoms with Crippen LogP contribution in [0.5, 0.6) is 0 Å². The Labute approximate surface area is 202 Å². The highest BCUT2D eigenvalue weighted by Gasteiger charge is 2.27. The number of aryl methyl sites for hydroxylation is 1. The second-order valence-electron chi connectivity index (χ2n) is 7.75. The number of hydrogen-bond donors (Lipinski definition) is 1. The first-order chi connectivity index (χ1) is 16.3. The number of nitrogens with zero attached hydrogens (tertiary/aromatic N) is 4. The van der Waals surface area contributed by atoms with Crippen molar-refractivity contribution in [1.82, 2.24) is 13.9 Å². The molecule has 0 saturated carbocycles. The molecule has 0 bridgehead atoms. The van der Waals surface area contributed by atoms with E-state index in [1.807, 2.05) is 11.5 Å². The van der Waals surface area contributed by atoms with Gasteiger partial charge in [0.2, 0.25) is 15.9 Å². The number of amides is 1. The highest BCUT2D eigenvalue weighted by molar-refractivity contribution is 8.00. The molecule has 0 spiro atoms. The van der Waals surface area contributed by atoms with Crippen LogP contribution in [0, 0.1) is 11.3 Å². The van der Waals surface area contributed by atoms with Crippen molar-refractivity contribution in [3.8, 4) is 6.07 Å². The molecule has 1 atom stereocenters. The first kappa shape index (κ1) is 24.2. The summed E-state index contributed by atoms with van der Waals surface area (Å²) in [5.41, 5.74) is 2.39. The summed E-state index contributed by atoms with van der Waals surface area (Å²) in [7, 11) is -3.63. The van der Waals surface area contributed by atoms with Gasteiger partial charge in [-0.2, -0.15) is 9.57 Å². The Morgan fingerprint density at radius 2 is 2.03 bits per heavy atom. The molecule has 1 unspecified atom stereocenters. The van der Waals surface area contributed by atoms with Crippen LogP contribution < -0.4 is 5.32 Å². The molecule has 178 valence electrons. The van der Waals surface area contributed by atoms with Gasteiger partial charge in [-0.25, -0.2) is 13.4 Å². The van der Waals surface area contributed by atoms with Gasteiger partial charge in [0.15, 0.2) is 5.16 Å². The van der Waals surface area contributed by atoms with Crippen molar-refractivity contribution < 1.29 is 17.9 Å². The average Bonchev–Trinajstić information content (AvgIpc) is 3.20. The number of ether oxygens (including phenoxy) is 1. The third-order valence-electron chi connectivity index (χ3n) is 5.52. The van der Waals surface area contributed by atoms with Gasteiger partial charge in [-0.1, -0.05) is 17.8 Å². The molecule has 2 heterocycles. The summed E-state index contributed by atoms with van der Waals surface area (Å²) < 4.78 is 34.7. The maximum Gasteiger partial charge on any atom is 0.243 e. The second-order valence-corrected chi connectivity index (χ2v) is 11.0. The summed E-state index contributed by atoms with van der Waals surface area (Å²) in [6.45, 7) is 5.79. The van der Waals surface area contributed by atoms with E-state index in [-0.39, 0.29) is 10.8 Å². The van der Waals surface area contributed by atoms with E-state index in [2.05, 4.69) is 16.4 Å². The maximum absolute atomic E-state index is 13.0. The second kappa shape index (κ2) is 10.1. The molecule has 34 heavy (non-hydrogen) atoms. The number of carbonyl (C=O) groups excluding carboxylic acids is 1. The molecule has 4 rings (SSSR count). The molecule has 0 radical (unpaired) electrons. The Balaban J connectivity index is 1.56. The number of aromatic nitrogens is 2.